The molecular formula is C27H24N6O3. The normalized spacial score (nSPS) is 11.8. The van der Waals surface area contributed by atoms with Gasteiger partial charge in [0.1, 0.15) is 23.9 Å². The highest BCUT2D eigenvalue weighted by Gasteiger charge is 2.33. The van der Waals surface area contributed by atoms with E-state index in [1.807, 2.05) is 55.5 Å². The summed E-state index contributed by atoms with van der Waals surface area (Å²) in [4.78, 5) is 33.2. The predicted molar refractivity (Wildman–Crippen MR) is 134 cm³/mol. The molecule has 0 fully saturated rings. The first-order valence-electron chi connectivity index (χ1n) is 11.5. The summed E-state index contributed by atoms with van der Waals surface area (Å²) in [6.07, 6.45) is 4.77. The molecule has 2 aromatic carbocycles. The average molecular weight is 481 g/mol. The zero-order valence-electron chi connectivity index (χ0n) is 19.6. The Kier molecular flexibility index (Phi) is 6.53. The number of para-hydroxylation sites is 1. The topological polar surface area (TPSA) is 106 Å². The Labute approximate surface area is 207 Å². The van der Waals surface area contributed by atoms with E-state index >= 15 is 0 Å². The molecule has 1 atom stereocenters. The average Bonchev–Trinajstić information content (AvgIpc) is 3.57. The van der Waals surface area contributed by atoms with Gasteiger partial charge in [0.2, 0.25) is 11.8 Å². The third kappa shape index (κ3) is 4.85. The number of nitrogens with zero attached hydrogens (tertiary/aromatic N) is 5. The third-order valence-corrected chi connectivity index (χ3v) is 5.81. The molecule has 3 heterocycles. The number of hydrogen-bond donors (Lipinski definition) is 1. The molecule has 0 spiro atoms. The van der Waals surface area contributed by atoms with Gasteiger partial charge in [-0.1, -0.05) is 41.1 Å². The Balaban J connectivity index is 1.54. The van der Waals surface area contributed by atoms with Crippen molar-refractivity contribution in [3.63, 3.8) is 0 Å². The number of hydrogen-bond acceptors (Lipinski definition) is 6. The second-order valence-electron chi connectivity index (χ2n) is 8.32. The fourth-order valence-electron chi connectivity index (χ4n) is 4.02. The second kappa shape index (κ2) is 10.2. The number of carbonyl (C=O) groups is 2. The Morgan fingerprint density at radius 3 is 2.61 bits per heavy atom. The molecule has 0 saturated heterocycles. The van der Waals surface area contributed by atoms with Crippen LogP contribution >= 0.6 is 0 Å². The number of benzene rings is 2. The number of furan rings is 1. The predicted octanol–water partition coefficient (Wildman–Crippen LogP) is 3.82. The van der Waals surface area contributed by atoms with Gasteiger partial charge in [-0.3, -0.25) is 19.5 Å². The number of amides is 2. The zero-order valence-corrected chi connectivity index (χ0v) is 19.6. The molecule has 0 unspecified atom stereocenters. The number of pyridine rings is 1. The fraction of sp³-hybridized carbons (Fsp3) is 0.148. The summed E-state index contributed by atoms with van der Waals surface area (Å²) in [6.45, 7) is 2.05. The number of aromatic nitrogens is 4. The van der Waals surface area contributed by atoms with Crippen molar-refractivity contribution in [3.8, 4) is 0 Å². The van der Waals surface area contributed by atoms with Gasteiger partial charge in [-0.05, 0) is 49.4 Å². The molecule has 5 rings (SSSR count). The highest BCUT2D eigenvalue weighted by atomic mass is 16.3. The number of carbonyl (C=O) groups excluding carboxylic acids is 2. The molecule has 0 aliphatic carbocycles. The summed E-state index contributed by atoms with van der Waals surface area (Å²) in [5.74, 6) is -0.0798. The van der Waals surface area contributed by atoms with Crippen LogP contribution in [0.2, 0.25) is 0 Å². The van der Waals surface area contributed by atoms with Crippen molar-refractivity contribution in [2.75, 3.05) is 4.90 Å². The van der Waals surface area contributed by atoms with Gasteiger partial charge in [-0.15, -0.1) is 5.10 Å². The van der Waals surface area contributed by atoms with Gasteiger partial charge in [0.05, 0.1) is 18.3 Å². The summed E-state index contributed by atoms with van der Waals surface area (Å²) in [7, 11) is 0. The largest absolute Gasteiger partial charge is 0.467 e. The van der Waals surface area contributed by atoms with E-state index in [4.69, 9.17) is 4.42 Å². The first kappa shape index (κ1) is 23.0. The van der Waals surface area contributed by atoms with E-state index < -0.39 is 6.04 Å². The summed E-state index contributed by atoms with van der Waals surface area (Å²) in [6, 6.07) is 21.0. The smallest absolute Gasteiger partial charge is 0.249 e. The Morgan fingerprint density at radius 2 is 1.86 bits per heavy atom. The van der Waals surface area contributed by atoms with Crippen molar-refractivity contribution in [1.82, 2.24) is 25.3 Å². The van der Waals surface area contributed by atoms with Crippen molar-refractivity contribution in [1.29, 1.82) is 0 Å². The van der Waals surface area contributed by atoms with E-state index in [2.05, 4.69) is 20.6 Å². The van der Waals surface area contributed by atoms with Gasteiger partial charge in [-0.25, -0.2) is 4.68 Å². The van der Waals surface area contributed by atoms with Gasteiger partial charge in [0.25, 0.3) is 0 Å². The lowest BCUT2D eigenvalue weighted by Gasteiger charge is -2.31. The summed E-state index contributed by atoms with van der Waals surface area (Å²) in [5.41, 5.74) is 3.61. The minimum absolute atomic E-state index is 0.101. The standard InChI is InChI=1S/C27H24N6O3/c1-19-10-12-21(13-11-19)33(25(34)18-32-24-9-3-2-8-23(24)30-31-32)26(20-6-4-14-28-16-20)27(35)29-17-22-7-5-15-36-22/h2-16,26H,17-18H2,1H3,(H,29,35)/t26-/m1/s1. The maximum Gasteiger partial charge on any atom is 0.249 e. The van der Waals surface area contributed by atoms with E-state index in [9.17, 15) is 9.59 Å². The summed E-state index contributed by atoms with van der Waals surface area (Å²) >= 11 is 0. The van der Waals surface area contributed by atoms with Crippen LogP contribution < -0.4 is 10.2 Å². The van der Waals surface area contributed by atoms with Gasteiger partial charge >= 0.3 is 0 Å². The van der Waals surface area contributed by atoms with E-state index in [-0.39, 0.29) is 24.9 Å². The van der Waals surface area contributed by atoms with Crippen LogP contribution in [0.25, 0.3) is 11.0 Å². The SMILES string of the molecule is Cc1ccc(N(C(=O)Cn2nnc3ccccc32)[C@@H](C(=O)NCc2ccco2)c2cccnc2)cc1. The van der Waals surface area contributed by atoms with Crippen LogP contribution in [0.5, 0.6) is 0 Å². The van der Waals surface area contributed by atoms with Gasteiger partial charge in [-0.2, -0.15) is 0 Å². The number of anilines is 1. The van der Waals surface area contributed by atoms with Crippen molar-refractivity contribution >= 4 is 28.5 Å². The lowest BCUT2D eigenvalue weighted by atomic mass is 10.0. The minimum Gasteiger partial charge on any atom is -0.467 e. The van der Waals surface area contributed by atoms with Crippen LogP contribution in [0.1, 0.15) is 22.9 Å². The molecule has 1 N–H and O–H groups in total. The maximum absolute atomic E-state index is 13.9. The fourth-order valence-corrected chi connectivity index (χ4v) is 4.02. The molecule has 0 saturated carbocycles. The van der Waals surface area contributed by atoms with E-state index in [1.54, 1.807) is 47.6 Å². The van der Waals surface area contributed by atoms with Gasteiger partial charge in [0, 0.05) is 23.6 Å². The molecule has 0 aliphatic heterocycles. The number of fused-ring (bicyclic) bond motifs is 1. The van der Waals surface area contributed by atoms with Crippen molar-refractivity contribution in [3.05, 3.63) is 108 Å². The first-order chi connectivity index (χ1) is 17.6. The number of aryl methyl sites for hydroxylation is 1. The van der Waals surface area contributed by atoms with Gasteiger partial charge < -0.3 is 9.73 Å². The van der Waals surface area contributed by atoms with Crippen LogP contribution in [-0.4, -0.2) is 31.8 Å². The van der Waals surface area contributed by atoms with Crippen molar-refractivity contribution < 1.29 is 14.0 Å². The molecular weight excluding hydrogens is 456 g/mol. The van der Waals surface area contributed by atoms with Crippen LogP contribution in [0.3, 0.4) is 0 Å². The summed E-state index contributed by atoms with van der Waals surface area (Å²) < 4.78 is 6.90. The van der Waals surface area contributed by atoms with E-state index in [0.29, 0.717) is 22.5 Å². The van der Waals surface area contributed by atoms with Crippen LogP contribution in [0, 0.1) is 6.92 Å². The Bertz CT molecular complexity index is 1460. The maximum atomic E-state index is 13.9. The Morgan fingerprint density at radius 1 is 1.03 bits per heavy atom. The van der Waals surface area contributed by atoms with Gasteiger partial charge in [0.15, 0.2) is 0 Å². The molecule has 0 radical (unpaired) electrons. The highest BCUT2D eigenvalue weighted by Crippen LogP contribution is 2.29. The Hall–Kier alpha value is -4.79. The molecule has 9 nitrogen and oxygen atoms in total. The molecule has 0 aliphatic rings. The minimum atomic E-state index is -0.973. The van der Waals surface area contributed by atoms with E-state index in [1.165, 1.54) is 4.90 Å². The molecule has 9 heteroatoms. The highest BCUT2D eigenvalue weighted by molar-refractivity contribution is 6.01. The van der Waals surface area contributed by atoms with Crippen LogP contribution in [0.4, 0.5) is 5.69 Å². The molecule has 3 aromatic heterocycles. The molecule has 5 aromatic rings. The van der Waals surface area contributed by atoms with Crippen molar-refractivity contribution in [2.24, 2.45) is 0 Å². The molecule has 2 amide bonds. The lowest BCUT2D eigenvalue weighted by molar-refractivity contribution is -0.127. The molecule has 180 valence electrons. The lowest BCUT2D eigenvalue weighted by Crippen LogP contribution is -2.45. The molecule has 0 bridgehead atoms. The van der Waals surface area contributed by atoms with E-state index in [0.717, 1.165) is 11.1 Å². The quantitative estimate of drug-likeness (QED) is 0.362. The first-order valence-corrected chi connectivity index (χ1v) is 11.5. The summed E-state index contributed by atoms with van der Waals surface area (Å²) in [5, 5.41) is 11.2. The monoisotopic (exact) mass is 480 g/mol. The zero-order chi connectivity index (χ0) is 24.9. The number of rotatable bonds is 8. The van der Waals surface area contributed by atoms with Crippen LogP contribution in [0.15, 0.2) is 95.9 Å². The second-order valence-corrected chi connectivity index (χ2v) is 8.32. The van der Waals surface area contributed by atoms with Crippen LogP contribution in [-0.2, 0) is 22.7 Å². The number of nitrogens with one attached hydrogen (secondary N) is 1. The molecule has 36 heavy (non-hydrogen) atoms. The third-order valence-electron chi connectivity index (χ3n) is 5.81. The van der Waals surface area contributed by atoms with Crippen molar-refractivity contribution in [2.45, 2.75) is 26.1 Å².